The third-order valence-corrected chi connectivity index (χ3v) is 2.11. The summed E-state index contributed by atoms with van der Waals surface area (Å²) < 4.78 is 1.11. The molecule has 0 aliphatic heterocycles. The Morgan fingerprint density at radius 1 is 1.31 bits per heavy atom. The van der Waals surface area contributed by atoms with E-state index in [-0.39, 0.29) is 0 Å². The van der Waals surface area contributed by atoms with Crippen molar-refractivity contribution in [1.29, 1.82) is 0 Å². The fourth-order valence-electron chi connectivity index (χ4n) is 0.918. The van der Waals surface area contributed by atoms with Gasteiger partial charge in [-0.15, -0.1) is 0 Å². The molecule has 70 valence electrons. The van der Waals surface area contributed by atoms with Crippen LogP contribution in [0.4, 0.5) is 0 Å². The summed E-state index contributed by atoms with van der Waals surface area (Å²) >= 11 is 3.39. The molecule has 13 heavy (non-hydrogen) atoms. The summed E-state index contributed by atoms with van der Waals surface area (Å²) in [5.74, 6) is 0.631. The third kappa shape index (κ3) is 4.23. The molecule has 0 aliphatic rings. The van der Waals surface area contributed by atoms with E-state index < -0.39 is 0 Å². The van der Waals surface area contributed by atoms with Crippen LogP contribution in [-0.2, 0) is 0 Å². The number of aliphatic imine (C=N–C) groups is 1. The molecule has 0 heterocycles. The fraction of sp³-hybridized carbons (Fsp3) is 0.364. The van der Waals surface area contributed by atoms with Crippen molar-refractivity contribution in [3.05, 3.63) is 34.3 Å². The lowest BCUT2D eigenvalue weighted by Gasteiger charge is -1.97. The molecule has 0 saturated heterocycles. The van der Waals surface area contributed by atoms with Gasteiger partial charge in [0.05, 0.1) is 0 Å². The number of benzene rings is 1. The first-order valence-corrected chi connectivity index (χ1v) is 5.23. The van der Waals surface area contributed by atoms with Gasteiger partial charge in [-0.05, 0) is 23.6 Å². The molecule has 0 fully saturated rings. The Hall–Kier alpha value is -0.630. The highest BCUT2D eigenvalue weighted by atomic mass is 79.9. The molecule has 1 aromatic rings. The van der Waals surface area contributed by atoms with Crippen molar-refractivity contribution < 1.29 is 0 Å². The predicted octanol–water partition coefficient (Wildman–Crippen LogP) is 3.52. The quantitative estimate of drug-likeness (QED) is 0.717. The molecule has 0 radical (unpaired) electrons. The molecule has 0 amide bonds. The molecule has 0 bridgehead atoms. The third-order valence-electron chi connectivity index (χ3n) is 1.58. The minimum atomic E-state index is 0.631. The van der Waals surface area contributed by atoms with Crippen molar-refractivity contribution in [1.82, 2.24) is 0 Å². The van der Waals surface area contributed by atoms with Gasteiger partial charge in [-0.3, -0.25) is 4.99 Å². The maximum absolute atomic E-state index is 4.33. The van der Waals surface area contributed by atoms with Crippen molar-refractivity contribution in [3.63, 3.8) is 0 Å². The molecular formula is C11H14BrN. The van der Waals surface area contributed by atoms with E-state index in [4.69, 9.17) is 0 Å². The number of hydrogen-bond acceptors (Lipinski definition) is 1. The van der Waals surface area contributed by atoms with Gasteiger partial charge in [0, 0.05) is 17.2 Å². The smallest absolute Gasteiger partial charge is 0.0412 e. The van der Waals surface area contributed by atoms with Crippen LogP contribution in [0.1, 0.15) is 19.4 Å². The Balaban J connectivity index is 2.54. The van der Waals surface area contributed by atoms with E-state index in [1.807, 2.05) is 30.5 Å². The van der Waals surface area contributed by atoms with Crippen LogP contribution < -0.4 is 0 Å². The van der Waals surface area contributed by atoms with Crippen molar-refractivity contribution in [2.45, 2.75) is 13.8 Å². The zero-order valence-electron chi connectivity index (χ0n) is 8.00. The topological polar surface area (TPSA) is 12.4 Å². The Morgan fingerprint density at radius 3 is 2.46 bits per heavy atom. The van der Waals surface area contributed by atoms with E-state index in [1.165, 1.54) is 0 Å². The van der Waals surface area contributed by atoms with Crippen LogP contribution in [0.15, 0.2) is 33.7 Å². The highest BCUT2D eigenvalue weighted by molar-refractivity contribution is 9.10. The van der Waals surface area contributed by atoms with Crippen molar-refractivity contribution >= 4 is 22.1 Å². The first-order chi connectivity index (χ1) is 6.18. The summed E-state index contributed by atoms with van der Waals surface area (Å²) in [5, 5.41) is 0. The second-order valence-corrected chi connectivity index (χ2v) is 4.36. The summed E-state index contributed by atoms with van der Waals surface area (Å²) in [7, 11) is 0. The van der Waals surface area contributed by atoms with Crippen molar-refractivity contribution in [2.24, 2.45) is 10.9 Å². The van der Waals surface area contributed by atoms with Gasteiger partial charge in [0.1, 0.15) is 0 Å². The fourth-order valence-corrected chi connectivity index (χ4v) is 1.18. The number of hydrogen-bond donors (Lipinski definition) is 0. The number of nitrogens with zero attached hydrogens (tertiary/aromatic N) is 1. The second-order valence-electron chi connectivity index (χ2n) is 3.44. The summed E-state index contributed by atoms with van der Waals surface area (Å²) in [6.45, 7) is 5.23. The maximum atomic E-state index is 4.33. The van der Waals surface area contributed by atoms with E-state index in [2.05, 4.69) is 34.8 Å². The van der Waals surface area contributed by atoms with Crippen molar-refractivity contribution in [3.8, 4) is 0 Å². The minimum absolute atomic E-state index is 0.631. The summed E-state index contributed by atoms with van der Waals surface area (Å²) in [4.78, 5) is 4.33. The molecule has 1 aromatic carbocycles. The van der Waals surface area contributed by atoms with Gasteiger partial charge in [-0.1, -0.05) is 41.9 Å². The minimum Gasteiger partial charge on any atom is -0.292 e. The van der Waals surface area contributed by atoms with Crippen LogP contribution >= 0.6 is 15.9 Å². The molecule has 0 unspecified atom stereocenters. The molecule has 0 saturated carbocycles. The summed E-state index contributed by atoms with van der Waals surface area (Å²) in [6, 6.07) is 8.15. The van der Waals surface area contributed by atoms with Crippen LogP contribution in [0.5, 0.6) is 0 Å². The lowest BCUT2D eigenvalue weighted by Crippen LogP contribution is -1.92. The predicted molar refractivity (Wildman–Crippen MR) is 61.4 cm³/mol. The zero-order valence-corrected chi connectivity index (χ0v) is 9.58. The van der Waals surface area contributed by atoms with E-state index >= 15 is 0 Å². The van der Waals surface area contributed by atoms with Gasteiger partial charge in [0.2, 0.25) is 0 Å². The zero-order chi connectivity index (χ0) is 9.68. The van der Waals surface area contributed by atoms with E-state index in [9.17, 15) is 0 Å². The summed E-state index contributed by atoms with van der Waals surface area (Å²) in [6.07, 6.45) is 1.92. The highest BCUT2D eigenvalue weighted by Crippen LogP contribution is 2.09. The second kappa shape index (κ2) is 5.18. The molecule has 0 aromatic heterocycles. The first-order valence-electron chi connectivity index (χ1n) is 4.44. The molecule has 0 N–H and O–H groups in total. The van der Waals surface area contributed by atoms with Crippen LogP contribution in [-0.4, -0.2) is 12.8 Å². The monoisotopic (exact) mass is 239 g/mol. The first kappa shape index (κ1) is 10.5. The van der Waals surface area contributed by atoms with Crippen molar-refractivity contribution in [2.75, 3.05) is 6.54 Å². The van der Waals surface area contributed by atoms with E-state index in [0.717, 1.165) is 16.6 Å². The van der Waals surface area contributed by atoms with Gasteiger partial charge in [-0.2, -0.15) is 0 Å². The van der Waals surface area contributed by atoms with Crippen LogP contribution in [0.25, 0.3) is 0 Å². The van der Waals surface area contributed by atoms with Gasteiger partial charge >= 0.3 is 0 Å². The Bertz CT molecular complexity index is 275. The summed E-state index contributed by atoms with van der Waals surface area (Å²) in [5.41, 5.74) is 1.16. The van der Waals surface area contributed by atoms with Crippen LogP contribution in [0.3, 0.4) is 0 Å². The molecule has 0 spiro atoms. The molecule has 0 aliphatic carbocycles. The lowest BCUT2D eigenvalue weighted by atomic mass is 10.2. The average molecular weight is 240 g/mol. The van der Waals surface area contributed by atoms with Gasteiger partial charge in [-0.25, -0.2) is 0 Å². The number of halogens is 1. The highest BCUT2D eigenvalue weighted by Gasteiger charge is 1.90. The van der Waals surface area contributed by atoms with Gasteiger partial charge < -0.3 is 0 Å². The standard InChI is InChI=1S/C11H14BrN/c1-9(2)7-13-8-10-3-5-11(12)6-4-10/h3-6,8-9H,7H2,1-2H3. The normalized spacial score (nSPS) is 11.4. The molecule has 0 atom stereocenters. The SMILES string of the molecule is CC(C)CN=Cc1ccc(Br)cc1. The molecular weight excluding hydrogens is 226 g/mol. The van der Waals surface area contributed by atoms with E-state index in [0.29, 0.717) is 5.92 Å². The van der Waals surface area contributed by atoms with Gasteiger partial charge in [0.15, 0.2) is 0 Å². The molecule has 1 nitrogen and oxygen atoms in total. The molecule has 2 heteroatoms. The Morgan fingerprint density at radius 2 is 1.92 bits per heavy atom. The maximum Gasteiger partial charge on any atom is 0.0412 e. The number of rotatable bonds is 3. The molecule has 1 rings (SSSR count). The largest absolute Gasteiger partial charge is 0.292 e. The van der Waals surface area contributed by atoms with E-state index in [1.54, 1.807) is 0 Å². The average Bonchev–Trinajstić information content (AvgIpc) is 2.08. The van der Waals surface area contributed by atoms with Gasteiger partial charge in [0.25, 0.3) is 0 Å². The Labute approximate surface area is 88.0 Å². The van der Waals surface area contributed by atoms with Crippen LogP contribution in [0.2, 0.25) is 0 Å². The lowest BCUT2D eigenvalue weighted by molar-refractivity contribution is 0.667. The Kier molecular flexibility index (Phi) is 4.16. The van der Waals surface area contributed by atoms with Crippen LogP contribution in [0, 0.1) is 5.92 Å².